The van der Waals surface area contributed by atoms with Crippen LogP contribution in [0.2, 0.25) is 0 Å². The van der Waals surface area contributed by atoms with Crippen LogP contribution >= 0.6 is 45.2 Å². The molecule has 1 amide bonds. The van der Waals surface area contributed by atoms with Crippen LogP contribution in [-0.2, 0) is 4.79 Å². The Morgan fingerprint density at radius 3 is 2.17 bits per heavy atom. The molecule has 0 spiro atoms. The van der Waals surface area contributed by atoms with Crippen molar-refractivity contribution in [1.82, 2.24) is 5.32 Å². The summed E-state index contributed by atoms with van der Waals surface area (Å²) >= 11 is 4.33. The number of carboxylic acid groups (broad SMARTS) is 1. The second-order valence-corrected chi connectivity index (χ2v) is 8.33. The van der Waals surface area contributed by atoms with Gasteiger partial charge in [-0.2, -0.15) is 0 Å². The predicted octanol–water partition coefficient (Wildman–Crippen LogP) is 5.54. The fourth-order valence-corrected chi connectivity index (χ4v) is 3.26. The van der Waals surface area contributed by atoms with Crippen molar-refractivity contribution in [3.63, 3.8) is 0 Å². The lowest BCUT2D eigenvalue weighted by Gasteiger charge is -2.09. The Hall–Kier alpha value is -2.40. The number of halogens is 2. The number of carboxylic acids is 1. The van der Waals surface area contributed by atoms with Gasteiger partial charge in [-0.1, -0.05) is 24.3 Å². The fourth-order valence-electron chi connectivity index (χ4n) is 2.40. The molecule has 0 bridgehead atoms. The third-order valence-electron chi connectivity index (χ3n) is 3.84. The normalized spacial score (nSPS) is 11.0. The molecule has 7 heteroatoms. The number of rotatable bonds is 6. The van der Waals surface area contributed by atoms with Crippen molar-refractivity contribution in [1.29, 1.82) is 0 Å². The van der Waals surface area contributed by atoms with Gasteiger partial charge in [-0.3, -0.25) is 4.79 Å². The number of carbonyl (C=O) groups is 2. The highest BCUT2D eigenvalue weighted by molar-refractivity contribution is 14.1. The molecule has 0 heterocycles. The van der Waals surface area contributed by atoms with Gasteiger partial charge in [-0.15, -0.1) is 0 Å². The highest BCUT2D eigenvalue weighted by Gasteiger charge is 2.13. The maximum atomic E-state index is 12.3. The Morgan fingerprint density at radius 1 is 0.897 bits per heavy atom. The quantitative estimate of drug-likeness (QED) is 0.284. The molecule has 0 atom stereocenters. The van der Waals surface area contributed by atoms with Crippen LogP contribution in [0.5, 0.6) is 11.5 Å². The van der Waals surface area contributed by atoms with Crippen molar-refractivity contribution >= 4 is 63.1 Å². The van der Waals surface area contributed by atoms with Gasteiger partial charge in [0.1, 0.15) is 17.2 Å². The number of para-hydroxylation sites is 1. The first kappa shape index (κ1) is 21.3. The lowest BCUT2D eigenvalue weighted by molar-refractivity contribution is -0.132. The van der Waals surface area contributed by atoms with Crippen molar-refractivity contribution in [2.45, 2.75) is 0 Å². The Morgan fingerprint density at radius 2 is 1.55 bits per heavy atom. The molecular weight excluding hydrogens is 596 g/mol. The second-order valence-electron chi connectivity index (χ2n) is 5.93. The van der Waals surface area contributed by atoms with E-state index in [1.54, 1.807) is 48.5 Å². The number of nitrogens with one attached hydrogen (secondary N) is 1. The van der Waals surface area contributed by atoms with Crippen LogP contribution < -0.4 is 10.1 Å². The topological polar surface area (TPSA) is 75.6 Å². The Balaban J connectivity index is 1.75. The van der Waals surface area contributed by atoms with E-state index in [-0.39, 0.29) is 5.70 Å². The van der Waals surface area contributed by atoms with E-state index in [1.807, 2.05) is 24.3 Å². The molecule has 0 aromatic heterocycles. The van der Waals surface area contributed by atoms with Gasteiger partial charge in [-0.25, -0.2) is 4.79 Å². The molecule has 0 fully saturated rings. The van der Waals surface area contributed by atoms with Crippen molar-refractivity contribution in [2.24, 2.45) is 0 Å². The van der Waals surface area contributed by atoms with E-state index in [0.717, 1.165) is 12.9 Å². The van der Waals surface area contributed by atoms with Crippen molar-refractivity contribution in [3.8, 4) is 11.5 Å². The Bertz CT molecular complexity index is 1060. The smallest absolute Gasteiger partial charge is 0.352 e. The average molecular weight is 611 g/mol. The number of hydrogen-bond acceptors (Lipinski definition) is 3. The van der Waals surface area contributed by atoms with E-state index in [4.69, 9.17) is 4.74 Å². The van der Waals surface area contributed by atoms with E-state index in [0.29, 0.717) is 16.9 Å². The van der Waals surface area contributed by atoms with Gasteiger partial charge in [0.15, 0.2) is 0 Å². The number of ether oxygens (including phenoxy) is 1. The summed E-state index contributed by atoms with van der Waals surface area (Å²) in [4.78, 5) is 23.9. The zero-order valence-electron chi connectivity index (χ0n) is 14.9. The molecule has 29 heavy (non-hydrogen) atoms. The zero-order chi connectivity index (χ0) is 20.8. The summed E-state index contributed by atoms with van der Waals surface area (Å²) < 4.78 is 7.81. The van der Waals surface area contributed by atoms with Gasteiger partial charge in [0, 0.05) is 9.13 Å². The van der Waals surface area contributed by atoms with Crippen LogP contribution in [0.15, 0.2) is 78.5 Å². The zero-order valence-corrected chi connectivity index (χ0v) is 19.2. The van der Waals surface area contributed by atoms with Gasteiger partial charge < -0.3 is 15.2 Å². The van der Waals surface area contributed by atoms with Crippen LogP contribution in [0.3, 0.4) is 0 Å². The lowest BCUT2D eigenvalue weighted by Crippen LogP contribution is -2.27. The molecular formula is C22H15I2NO4. The third-order valence-corrected chi connectivity index (χ3v) is 5.45. The maximum Gasteiger partial charge on any atom is 0.352 e. The van der Waals surface area contributed by atoms with Crippen LogP contribution in [0.1, 0.15) is 15.9 Å². The monoisotopic (exact) mass is 611 g/mol. The number of aliphatic carboxylic acids is 1. The second kappa shape index (κ2) is 9.88. The van der Waals surface area contributed by atoms with E-state index in [2.05, 4.69) is 50.5 Å². The first-order chi connectivity index (χ1) is 13.9. The van der Waals surface area contributed by atoms with Crippen molar-refractivity contribution in [3.05, 3.63) is 96.8 Å². The average Bonchev–Trinajstić information content (AvgIpc) is 2.71. The van der Waals surface area contributed by atoms with Crippen LogP contribution in [-0.4, -0.2) is 17.0 Å². The van der Waals surface area contributed by atoms with E-state index >= 15 is 0 Å². The minimum absolute atomic E-state index is 0.208. The summed E-state index contributed by atoms with van der Waals surface area (Å²) in [7, 11) is 0. The minimum atomic E-state index is -1.22. The molecule has 0 unspecified atom stereocenters. The molecule has 0 aliphatic heterocycles. The third kappa shape index (κ3) is 6.04. The molecule has 0 saturated heterocycles. The van der Waals surface area contributed by atoms with Crippen LogP contribution in [0.25, 0.3) is 6.08 Å². The first-order valence-corrected chi connectivity index (χ1v) is 10.6. The molecule has 3 rings (SSSR count). The van der Waals surface area contributed by atoms with Gasteiger partial charge in [0.25, 0.3) is 5.91 Å². The Kier molecular flexibility index (Phi) is 7.26. The number of hydrogen-bond donors (Lipinski definition) is 2. The number of benzene rings is 3. The summed E-state index contributed by atoms with van der Waals surface area (Å²) in [6.45, 7) is 0. The highest BCUT2D eigenvalue weighted by atomic mass is 127. The molecule has 0 radical (unpaired) electrons. The largest absolute Gasteiger partial charge is 0.477 e. The molecule has 0 saturated carbocycles. The van der Waals surface area contributed by atoms with Crippen LogP contribution in [0, 0.1) is 7.14 Å². The number of carbonyl (C=O) groups excluding carboxylic acids is 1. The lowest BCUT2D eigenvalue weighted by atomic mass is 10.1. The fraction of sp³-hybridized carbons (Fsp3) is 0. The molecule has 3 aromatic rings. The summed E-state index contributed by atoms with van der Waals surface area (Å²) in [5, 5.41) is 11.9. The molecule has 0 aliphatic rings. The van der Waals surface area contributed by atoms with Gasteiger partial charge >= 0.3 is 5.97 Å². The standard InChI is InChI=1S/C22H15I2NO4/c23-16-9-7-15(8-10-16)21(26)25-19(22(27)28)13-14-5-11-17(12-6-14)29-20-4-2-1-3-18(20)24/h1-13H,(H,25,26)(H,27,28)/b19-13+. The highest BCUT2D eigenvalue weighted by Crippen LogP contribution is 2.26. The van der Waals surface area contributed by atoms with Crippen molar-refractivity contribution in [2.75, 3.05) is 0 Å². The van der Waals surface area contributed by atoms with Gasteiger partial charge in [0.05, 0.1) is 3.57 Å². The van der Waals surface area contributed by atoms with E-state index in [9.17, 15) is 14.7 Å². The molecule has 5 nitrogen and oxygen atoms in total. The predicted molar refractivity (Wildman–Crippen MR) is 128 cm³/mol. The summed E-state index contributed by atoms with van der Waals surface area (Å²) in [6, 6.07) is 21.5. The van der Waals surface area contributed by atoms with Crippen molar-refractivity contribution < 1.29 is 19.4 Å². The van der Waals surface area contributed by atoms with E-state index < -0.39 is 11.9 Å². The summed E-state index contributed by atoms with van der Waals surface area (Å²) in [5.41, 5.74) is 0.805. The van der Waals surface area contributed by atoms with E-state index in [1.165, 1.54) is 6.08 Å². The summed E-state index contributed by atoms with van der Waals surface area (Å²) in [6.07, 6.45) is 1.41. The van der Waals surface area contributed by atoms with Crippen LogP contribution in [0.4, 0.5) is 0 Å². The van der Waals surface area contributed by atoms with Gasteiger partial charge in [-0.05, 0) is 105 Å². The minimum Gasteiger partial charge on any atom is -0.477 e. The molecule has 0 aliphatic carbocycles. The maximum absolute atomic E-state index is 12.3. The molecule has 146 valence electrons. The molecule has 2 N–H and O–H groups in total. The number of amides is 1. The SMILES string of the molecule is O=C(O)/C(=C\c1ccc(Oc2ccccc2I)cc1)NC(=O)c1ccc(I)cc1. The Labute approximate surface area is 195 Å². The van der Waals surface area contributed by atoms with Gasteiger partial charge in [0.2, 0.25) is 0 Å². The summed E-state index contributed by atoms with van der Waals surface area (Å²) in [5.74, 6) is -0.324. The molecule has 3 aromatic carbocycles. The first-order valence-electron chi connectivity index (χ1n) is 8.47.